The summed E-state index contributed by atoms with van der Waals surface area (Å²) in [5.74, 6) is 0.528. The summed E-state index contributed by atoms with van der Waals surface area (Å²) in [6, 6.07) is 15.9. The van der Waals surface area contributed by atoms with Crippen molar-refractivity contribution < 1.29 is 0 Å². The summed E-state index contributed by atoms with van der Waals surface area (Å²) in [5.41, 5.74) is 12.6. The third-order valence-electron chi connectivity index (χ3n) is 4.97. The maximum absolute atomic E-state index is 6.08. The van der Waals surface area contributed by atoms with Crippen molar-refractivity contribution >= 4 is 34.0 Å². The second kappa shape index (κ2) is 8.51. The maximum atomic E-state index is 6.08. The molecule has 0 radical (unpaired) electrons. The molecule has 1 aromatic carbocycles. The lowest BCUT2D eigenvalue weighted by molar-refractivity contribution is 0.871. The van der Waals surface area contributed by atoms with Crippen LogP contribution in [0.25, 0.3) is 16.6 Å². The van der Waals surface area contributed by atoms with Crippen molar-refractivity contribution in [1.29, 1.82) is 0 Å². The highest BCUT2D eigenvalue weighted by molar-refractivity contribution is 6.31. The van der Waals surface area contributed by atoms with Gasteiger partial charge in [-0.1, -0.05) is 30.3 Å². The molecular formula is C24H22ClN5. The zero-order valence-corrected chi connectivity index (χ0v) is 17.4. The summed E-state index contributed by atoms with van der Waals surface area (Å²) in [5, 5.41) is 5.03. The number of anilines is 1. The van der Waals surface area contributed by atoms with Crippen LogP contribution < -0.4 is 11.1 Å². The van der Waals surface area contributed by atoms with Crippen molar-refractivity contribution in [3.8, 4) is 0 Å². The van der Waals surface area contributed by atoms with Crippen LogP contribution in [0.15, 0.2) is 67.5 Å². The Morgan fingerprint density at radius 1 is 1.10 bits per heavy atom. The summed E-state index contributed by atoms with van der Waals surface area (Å²) in [4.78, 5) is 13.2. The number of halogens is 1. The SMILES string of the molecule is C=C(NCc1ccc(N)nc1C)c1ccnc(Cc2ccc3ncc(Cl)cc3c2)c1. The number of nitrogen functional groups attached to an aromatic ring is 1. The molecule has 30 heavy (non-hydrogen) atoms. The Kier molecular flexibility index (Phi) is 5.63. The maximum Gasteiger partial charge on any atom is 0.123 e. The zero-order valence-electron chi connectivity index (χ0n) is 16.7. The lowest BCUT2D eigenvalue weighted by Gasteiger charge is -2.12. The smallest absolute Gasteiger partial charge is 0.123 e. The fourth-order valence-electron chi connectivity index (χ4n) is 3.34. The molecule has 0 fully saturated rings. The Hall–Kier alpha value is -3.44. The van der Waals surface area contributed by atoms with E-state index in [1.54, 1.807) is 6.20 Å². The van der Waals surface area contributed by atoms with E-state index >= 15 is 0 Å². The first-order chi connectivity index (χ1) is 14.5. The third-order valence-corrected chi connectivity index (χ3v) is 5.18. The molecule has 3 aromatic heterocycles. The second-order valence-electron chi connectivity index (χ2n) is 7.21. The molecule has 0 atom stereocenters. The van der Waals surface area contributed by atoms with E-state index in [2.05, 4.69) is 45.0 Å². The minimum Gasteiger partial charge on any atom is -0.384 e. The molecule has 0 saturated heterocycles. The lowest BCUT2D eigenvalue weighted by Crippen LogP contribution is -2.13. The first-order valence-corrected chi connectivity index (χ1v) is 10.00. The number of nitrogens with two attached hydrogens (primary N) is 1. The highest BCUT2D eigenvalue weighted by Crippen LogP contribution is 2.20. The van der Waals surface area contributed by atoms with Crippen LogP contribution in [0.3, 0.4) is 0 Å². The van der Waals surface area contributed by atoms with Crippen molar-refractivity contribution in [2.75, 3.05) is 5.73 Å². The fraction of sp³-hybridized carbons (Fsp3) is 0.125. The van der Waals surface area contributed by atoms with Crippen LogP contribution >= 0.6 is 11.6 Å². The number of aryl methyl sites for hydroxylation is 1. The predicted octanol–water partition coefficient (Wildman–Crippen LogP) is 4.92. The minimum absolute atomic E-state index is 0.528. The van der Waals surface area contributed by atoms with Crippen molar-refractivity contribution in [3.05, 3.63) is 101 Å². The Balaban J connectivity index is 1.47. The number of hydrogen-bond acceptors (Lipinski definition) is 5. The van der Waals surface area contributed by atoms with E-state index in [0.717, 1.165) is 44.7 Å². The molecule has 4 rings (SSSR count). The number of aromatic nitrogens is 3. The van der Waals surface area contributed by atoms with Gasteiger partial charge in [0, 0.05) is 53.4 Å². The van der Waals surface area contributed by atoms with E-state index in [0.29, 0.717) is 23.8 Å². The van der Waals surface area contributed by atoms with Crippen LogP contribution in [0.1, 0.15) is 28.1 Å². The number of rotatable bonds is 6. The van der Waals surface area contributed by atoms with Gasteiger partial charge in [-0.15, -0.1) is 0 Å². The molecule has 0 bridgehead atoms. The third kappa shape index (κ3) is 4.58. The largest absolute Gasteiger partial charge is 0.384 e. The first-order valence-electron chi connectivity index (χ1n) is 9.62. The standard InChI is InChI=1S/C24H22ClN5/c1-15(28-13-19-4-6-24(26)30-16(19)2)18-7-8-27-22(12-18)10-17-3-5-23-20(9-17)11-21(25)14-29-23/h3-9,11-12,14,28H,1,10,13H2,2H3,(H2,26,30). The van der Waals surface area contributed by atoms with Crippen LogP contribution in [-0.4, -0.2) is 15.0 Å². The summed E-state index contributed by atoms with van der Waals surface area (Å²) in [7, 11) is 0. The molecule has 0 aliphatic carbocycles. The average molecular weight is 416 g/mol. The first kappa shape index (κ1) is 19.9. The van der Waals surface area contributed by atoms with Crippen molar-refractivity contribution in [2.45, 2.75) is 19.9 Å². The van der Waals surface area contributed by atoms with E-state index in [4.69, 9.17) is 17.3 Å². The van der Waals surface area contributed by atoms with E-state index in [1.165, 1.54) is 0 Å². The number of nitrogens with one attached hydrogen (secondary N) is 1. The topological polar surface area (TPSA) is 76.7 Å². The summed E-state index contributed by atoms with van der Waals surface area (Å²) >= 11 is 6.08. The molecule has 3 heterocycles. The molecule has 0 amide bonds. The van der Waals surface area contributed by atoms with E-state index in [1.807, 2.05) is 43.5 Å². The average Bonchev–Trinajstić information content (AvgIpc) is 2.73. The van der Waals surface area contributed by atoms with Gasteiger partial charge in [0.2, 0.25) is 0 Å². The molecule has 5 nitrogen and oxygen atoms in total. The molecule has 0 spiro atoms. The Morgan fingerprint density at radius 3 is 2.80 bits per heavy atom. The summed E-state index contributed by atoms with van der Waals surface area (Å²) < 4.78 is 0. The molecule has 3 N–H and O–H groups in total. The van der Waals surface area contributed by atoms with Crippen LogP contribution in [0.5, 0.6) is 0 Å². The molecule has 150 valence electrons. The van der Waals surface area contributed by atoms with Gasteiger partial charge in [0.25, 0.3) is 0 Å². The van der Waals surface area contributed by atoms with Crippen LogP contribution in [0.2, 0.25) is 5.02 Å². The fourth-order valence-corrected chi connectivity index (χ4v) is 3.50. The molecule has 0 aliphatic heterocycles. The highest BCUT2D eigenvalue weighted by atomic mass is 35.5. The van der Waals surface area contributed by atoms with Gasteiger partial charge < -0.3 is 11.1 Å². The zero-order chi connectivity index (χ0) is 21.1. The molecular weight excluding hydrogens is 394 g/mol. The molecule has 6 heteroatoms. The number of hydrogen-bond donors (Lipinski definition) is 2. The molecule has 0 saturated carbocycles. The number of pyridine rings is 3. The van der Waals surface area contributed by atoms with Gasteiger partial charge in [-0.2, -0.15) is 0 Å². The van der Waals surface area contributed by atoms with Gasteiger partial charge in [0.15, 0.2) is 0 Å². The van der Waals surface area contributed by atoms with Gasteiger partial charge in [-0.05, 0) is 54.4 Å². The van der Waals surface area contributed by atoms with Crippen molar-refractivity contribution in [3.63, 3.8) is 0 Å². The van der Waals surface area contributed by atoms with Crippen LogP contribution in [0, 0.1) is 6.92 Å². The quantitative estimate of drug-likeness (QED) is 0.467. The van der Waals surface area contributed by atoms with Crippen LogP contribution in [-0.2, 0) is 13.0 Å². The van der Waals surface area contributed by atoms with Crippen molar-refractivity contribution in [2.24, 2.45) is 0 Å². The van der Waals surface area contributed by atoms with E-state index < -0.39 is 0 Å². The van der Waals surface area contributed by atoms with Crippen molar-refractivity contribution in [1.82, 2.24) is 20.3 Å². The molecule has 0 aliphatic rings. The molecule has 0 unspecified atom stereocenters. The van der Waals surface area contributed by atoms with Crippen LogP contribution in [0.4, 0.5) is 5.82 Å². The van der Waals surface area contributed by atoms with Gasteiger partial charge in [0.05, 0.1) is 10.5 Å². The predicted molar refractivity (Wildman–Crippen MR) is 123 cm³/mol. The molecule has 4 aromatic rings. The Morgan fingerprint density at radius 2 is 1.97 bits per heavy atom. The summed E-state index contributed by atoms with van der Waals surface area (Å²) in [6.07, 6.45) is 4.19. The van der Waals surface area contributed by atoms with Gasteiger partial charge in [-0.25, -0.2) is 4.98 Å². The Labute approximate surface area is 180 Å². The van der Waals surface area contributed by atoms with E-state index in [-0.39, 0.29) is 0 Å². The van der Waals surface area contributed by atoms with Gasteiger partial charge in [0.1, 0.15) is 5.82 Å². The number of benzene rings is 1. The normalized spacial score (nSPS) is 10.9. The highest BCUT2D eigenvalue weighted by Gasteiger charge is 2.06. The lowest BCUT2D eigenvalue weighted by atomic mass is 10.0. The second-order valence-corrected chi connectivity index (χ2v) is 7.64. The monoisotopic (exact) mass is 415 g/mol. The Bertz CT molecular complexity index is 1240. The minimum atomic E-state index is 0.528. The summed E-state index contributed by atoms with van der Waals surface area (Å²) in [6.45, 7) is 6.76. The van der Waals surface area contributed by atoms with Gasteiger partial charge >= 0.3 is 0 Å². The number of nitrogens with zero attached hydrogens (tertiary/aromatic N) is 3. The number of fused-ring (bicyclic) bond motifs is 1. The van der Waals surface area contributed by atoms with Gasteiger partial charge in [-0.3, -0.25) is 9.97 Å². The van der Waals surface area contributed by atoms with E-state index in [9.17, 15) is 0 Å².